The zero-order valence-electron chi connectivity index (χ0n) is 33.3. The second kappa shape index (κ2) is 36.2. The van der Waals surface area contributed by atoms with Crippen molar-refractivity contribution in [2.45, 2.75) is 233 Å². The SMILES string of the molecule is CCCCCCCCCCCCCC(=O)OC[C@H](COC(=O)CCCCCCCCCC(C)C)OC(=O)CCCCCCCCCC(C)C. The van der Waals surface area contributed by atoms with Gasteiger partial charge in [0.2, 0.25) is 0 Å². The highest BCUT2D eigenvalue weighted by Crippen LogP contribution is 2.16. The summed E-state index contributed by atoms with van der Waals surface area (Å²) >= 11 is 0. The first-order chi connectivity index (χ1) is 23.7. The molecule has 0 spiro atoms. The molecule has 0 amide bonds. The Kier molecular flexibility index (Phi) is 35.0. The van der Waals surface area contributed by atoms with Crippen molar-refractivity contribution in [2.24, 2.45) is 11.8 Å². The quantitative estimate of drug-likeness (QED) is 0.0366. The van der Waals surface area contributed by atoms with E-state index >= 15 is 0 Å². The van der Waals surface area contributed by atoms with Gasteiger partial charge in [-0.25, -0.2) is 0 Å². The fourth-order valence-electron chi connectivity index (χ4n) is 6.22. The lowest BCUT2D eigenvalue weighted by molar-refractivity contribution is -0.167. The molecule has 6 nitrogen and oxygen atoms in total. The van der Waals surface area contributed by atoms with Crippen LogP contribution in [0.15, 0.2) is 0 Å². The van der Waals surface area contributed by atoms with Crippen molar-refractivity contribution in [1.82, 2.24) is 0 Å². The molecule has 6 heteroatoms. The van der Waals surface area contributed by atoms with Gasteiger partial charge in [0.15, 0.2) is 6.10 Å². The van der Waals surface area contributed by atoms with Crippen LogP contribution in [0.25, 0.3) is 0 Å². The van der Waals surface area contributed by atoms with Crippen LogP contribution in [-0.4, -0.2) is 37.2 Å². The second-order valence-electron chi connectivity index (χ2n) is 15.6. The average molecular weight is 695 g/mol. The van der Waals surface area contributed by atoms with Crippen LogP contribution in [0.3, 0.4) is 0 Å². The third-order valence-corrected chi connectivity index (χ3v) is 9.47. The summed E-state index contributed by atoms with van der Waals surface area (Å²) in [4.78, 5) is 37.5. The topological polar surface area (TPSA) is 78.9 Å². The highest BCUT2D eigenvalue weighted by Gasteiger charge is 2.19. The van der Waals surface area contributed by atoms with Crippen LogP contribution in [0, 0.1) is 11.8 Å². The predicted octanol–water partition coefficient (Wildman–Crippen LogP) is 13.0. The van der Waals surface area contributed by atoms with Crippen LogP contribution in [-0.2, 0) is 28.6 Å². The predicted molar refractivity (Wildman–Crippen MR) is 206 cm³/mol. The average Bonchev–Trinajstić information content (AvgIpc) is 3.06. The molecule has 0 rings (SSSR count). The molecule has 0 aromatic heterocycles. The normalized spacial score (nSPS) is 12.1. The summed E-state index contributed by atoms with van der Waals surface area (Å²) in [6.45, 7) is 11.2. The Labute approximate surface area is 304 Å². The van der Waals surface area contributed by atoms with E-state index in [1.807, 2.05) is 0 Å². The molecule has 0 unspecified atom stereocenters. The molecule has 0 aliphatic carbocycles. The molecule has 0 aliphatic rings. The zero-order valence-corrected chi connectivity index (χ0v) is 33.3. The van der Waals surface area contributed by atoms with E-state index in [-0.39, 0.29) is 31.1 Å². The van der Waals surface area contributed by atoms with Crippen molar-refractivity contribution in [1.29, 1.82) is 0 Å². The summed E-state index contributed by atoms with van der Waals surface area (Å²) in [6, 6.07) is 0. The minimum Gasteiger partial charge on any atom is -0.462 e. The smallest absolute Gasteiger partial charge is 0.306 e. The maximum absolute atomic E-state index is 12.6. The Hall–Kier alpha value is -1.59. The molecule has 49 heavy (non-hydrogen) atoms. The number of ether oxygens (including phenoxy) is 3. The first-order valence-corrected chi connectivity index (χ1v) is 21.2. The summed E-state index contributed by atoms with van der Waals surface area (Å²) in [5.74, 6) is 0.692. The van der Waals surface area contributed by atoms with Crippen molar-refractivity contribution < 1.29 is 28.6 Å². The number of carbonyl (C=O) groups excluding carboxylic acids is 3. The van der Waals surface area contributed by atoms with Crippen molar-refractivity contribution in [2.75, 3.05) is 13.2 Å². The monoisotopic (exact) mass is 695 g/mol. The van der Waals surface area contributed by atoms with Crippen LogP contribution in [0.5, 0.6) is 0 Å². The number of hydrogen-bond acceptors (Lipinski definition) is 6. The van der Waals surface area contributed by atoms with E-state index in [4.69, 9.17) is 14.2 Å². The van der Waals surface area contributed by atoms with Crippen LogP contribution < -0.4 is 0 Å². The zero-order chi connectivity index (χ0) is 36.2. The lowest BCUT2D eigenvalue weighted by Crippen LogP contribution is -2.30. The molecule has 0 saturated carbocycles. The molecule has 0 fully saturated rings. The Morgan fingerprint density at radius 3 is 1.00 bits per heavy atom. The molecule has 1 atom stereocenters. The van der Waals surface area contributed by atoms with Gasteiger partial charge in [-0.3, -0.25) is 14.4 Å². The number of esters is 3. The van der Waals surface area contributed by atoms with Gasteiger partial charge in [-0.15, -0.1) is 0 Å². The third kappa shape index (κ3) is 37.5. The molecular formula is C43H82O6. The standard InChI is InChI=1S/C43H82O6/c1-6-7-8-9-10-11-12-13-18-23-28-33-41(44)47-36-40(49-43(46)35-30-25-20-15-17-22-27-32-39(4)5)37-48-42(45)34-29-24-19-14-16-21-26-31-38(2)3/h38-40H,6-37H2,1-5H3/t40-/m1/s1. The van der Waals surface area contributed by atoms with Gasteiger partial charge in [0.05, 0.1) is 0 Å². The van der Waals surface area contributed by atoms with E-state index in [0.29, 0.717) is 19.3 Å². The van der Waals surface area contributed by atoms with Crippen LogP contribution in [0.2, 0.25) is 0 Å². The summed E-state index contributed by atoms with van der Waals surface area (Å²) in [5, 5.41) is 0. The Morgan fingerprint density at radius 1 is 0.388 bits per heavy atom. The second-order valence-corrected chi connectivity index (χ2v) is 15.6. The molecule has 0 aromatic rings. The van der Waals surface area contributed by atoms with Crippen LogP contribution in [0.4, 0.5) is 0 Å². The summed E-state index contributed by atoms with van der Waals surface area (Å²) in [7, 11) is 0. The highest BCUT2D eigenvalue weighted by molar-refractivity contribution is 5.71. The van der Waals surface area contributed by atoms with Crippen LogP contribution >= 0.6 is 0 Å². The maximum Gasteiger partial charge on any atom is 0.306 e. The number of unbranched alkanes of at least 4 members (excludes halogenated alkanes) is 22. The molecule has 0 saturated heterocycles. The first kappa shape index (κ1) is 47.4. The Morgan fingerprint density at radius 2 is 0.673 bits per heavy atom. The van der Waals surface area contributed by atoms with Gasteiger partial charge in [0.25, 0.3) is 0 Å². The van der Waals surface area contributed by atoms with Gasteiger partial charge >= 0.3 is 17.9 Å². The lowest BCUT2D eigenvalue weighted by Gasteiger charge is -2.18. The summed E-state index contributed by atoms with van der Waals surface area (Å²) < 4.78 is 16.6. The van der Waals surface area contributed by atoms with E-state index < -0.39 is 6.10 Å². The van der Waals surface area contributed by atoms with Crippen LogP contribution in [0.1, 0.15) is 227 Å². The lowest BCUT2D eigenvalue weighted by atomic mass is 10.0. The fraction of sp³-hybridized carbons (Fsp3) is 0.930. The Bertz CT molecular complexity index is 749. The maximum atomic E-state index is 12.6. The van der Waals surface area contributed by atoms with Crippen molar-refractivity contribution in [3.8, 4) is 0 Å². The van der Waals surface area contributed by atoms with E-state index in [1.54, 1.807) is 0 Å². The van der Waals surface area contributed by atoms with Gasteiger partial charge in [-0.1, -0.05) is 189 Å². The number of hydrogen-bond donors (Lipinski definition) is 0. The van der Waals surface area contributed by atoms with Gasteiger partial charge in [-0.05, 0) is 31.1 Å². The largest absolute Gasteiger partial charge is 0.462 e. The molecule has 0 heterocycles. The molecule has 290 valence electrons. The minimum atomic E-state index is -0.760. The number of carbonyl (C=O) groups is 3. The molecule has 0 bridgehead atoms. The fourth-order valence-corrected chi connectivity index (χ4v) is 6.22. The molecule has 0 N–H and O–H groups in total. The first-order valence-electron chi connectivity index (χ1n) is 21.2. The van der Waals surface area contributed by atoms with Gasteiger partial charge in [0, 0.05) is 19.3 Å². The third-order valence-electron chi connectivity index (χ3n) is 9.47. The number of rotatable bonds is 37. The van der Waals surface area contributed by atoms with Gasteiger partial charge < -0.3 is 14.2 Å². The van der Waals surface area contributed by atoms with Crippen molar-refractivity contribution in [3.63, 3.8) is 0 Å². The minimum absolute atomic E-state index is 0.0664. The van der Waals surface area contributed by atoms with Gasteiger partial charge in [-0.2, -0.15) is 0 Å². The molecular weight excluding hydrogens is 612 g/mol. The van der Waals surface area contributed by atoms with E-state index in [0.717, 1.165) is 69.6 Å². The molecule has 0 radical (unpaired) electrons. The summed E-state index contributed by atoms with van der Waals surface area (Å²) in [5.41, 5.74) is 0. The Balaban J connectivity index is 4.35. The van der Waals surface area contributed by atoms with E-state index in [1.165, 1.54) is 116 Å². The highest BCUT2D eigenvalue weighted by atomic mass is 16.6. The molecule has 0 aromatic carbocycles. The van der Waals surface area contributed by atoms with E-state index in [2.05, 4.69) is 34.6 Å². The van der Waals surface area contributed by atoms with E-state index in [9.17, 15) is 14.4 Å². The van der Waals surface area contributed by atoms with Crippen molar-refractivity contribution in [3.05, 3.63) is 0 Å². The van der Waals surface area contributed by atoms with Gasteiger partial charge in [0.1, 0.15) is 13.2 Å². The summed E-state index contributed by atoms with van der Waals surface area (Å²) in [6.07, 6.45) is 32.4. The van der Waals surface area contributed by atoms with Crippen molar-refractivity contribution >= 4 is 17.9 Å². The molecule has 0 aliphatic heterocycles.